The van der Waals surface area contributed by atoms with Crippen LogP contribution < -0.4 is 11.2 Å². The molecule has 4 rings (SSSR count). The van der Waals surface area contributed by atoms with Crippen molar-refractivity contribution in [3.05, 3.63) is 49.4 Å². The molecule has 0 fully saturated rings. The van der Waals surface area contributed by atoms with Gasteiger partial charge in [-0.1, -0.05) is 24.1 Å². The topological polar surface area (TPSA) is 76.0 Å². The highest BCUT2D eigenvalue weighted by Gasteiger charge is 2.15. The molecule has 1 aromatic carbocycles. The lowest BCUT2D eigenvalue weighted by atomic mass is 9.98. The molecule has 118 valence electrons. The SMILES string of the molecule is O=c1[nH]c(-c2ccc3c(=O)c4c(sc3c2)CCCCCC4)no1. The van der Waals surface area contributed by atoms with Crippen molar-refractivity contribution in [2.45, 2.75) is 38.5 Å². The molecule has 1 N–H and O–H groups in total. The predicted molar refractivity (Wildman–Crippen MR) is 90.1 cm³/mol. The fourth-order valence-electron chi connectivity index (χ4n) is 3.18. The Bertz CT molecular complexity index is 983. The van der Waals surface area contributed by atoms with E-state index in [2.05, 4.69) is 14.7 Å². The number of hydrogen-bond donors (Lipinski definition) is 1. The molecule has 0 saturated carbocycles. The number of hydrogen-bond acceptors (Lipinski definition) is 5. The van der Waals surface area contributed by atoms with Crippen LogP contribution in [-0.2, 0) is 12.8 Å². The van der Waals surface area contributed by atoms with Gasteiger partial charge in [0.1, 0.15) is 0 Å². The lowest BCUT2D eigenvalue weighted by molar-refractivity contribution is 0.388. The van der Waals surface area contributed by atoms with Crippen LogP contribution in [0.1, 0.15) is 36.1 Å². The van der Waals surface area contributed by atoms with E-state index in [-0.39, 0.29) is 5.43 Å². The van der Waals surface area contributed by atoms with Crippen molar-refractivity contribution < 1.29 is 4.52 Å². The third kappa shape index (κ3) is 2.63. The first-order chi connectivity index (χ1) is 11.2. The van der Waals surface area contributed by atoms with E-state index in [9.17, 15) is 9.59 Å². The minimum atomic E-state index is -0.577. The van der Waals surface area contributed by atoms with Gasteiger partial charge in [0, 0.05) is 26.1 Å². The second-order valence-corrected chi connectivity index (χ2v) is 7.04. The number of nitrogens with one attached hydrogen (secondary N) is 1. The number of rotatable bonds is 1. The van der Waals surface area contributed by atoms with Crippen molar-refractivity contribution in [2.75, 3.05) is 0 Å². The van der Waals surface area contributed by atoms with E-state index in [0.717, 1.165) is 46.9 Å². The first-order valence-electron chi connectivity index (χ1n) is 7.87. The average molecular weight is 328 g/mol. The van der Waals surface area contributed by atoms with Crippen molar-refractivity contribution in [2.24, 2.45) is 0 Å². The van der Waals surface area contributed by atoms with Crippen LogP contribution in [0, 0.1) is 0 Å². The molecule has 2 aromatic heterocycles. The molecular formula is C17H16N2O3S. The van der Waals surface area contributed by atoms with E-state index >= 15 is 0 Å². The van der Waals surface area contributed by atoms with Crippen molar-refractivity contribution in [3.8, 4) is 11.4 Å². The molecular weight excluding hydrogens is 312 g/mol. The van der Waals surface area contributed by atoms with Gasteiger partial charge in [-0.05, 0) is 37.8 Å². The maximum atomic E-state index is 12.8. The van der Waals surface area contributed by atoms with Gasteiger partial charge in [-0.2, -0.15) is 0 Å². The standard InChI is InChI=1S/C17H16N2O3S/c20-15-11-5-3-1-2-4-6-13(11)23-14-9-10(7-8-12(14)15)16-18-17(21)22-19-16/h7-9H,1-6H2,(H,18,19,21). The summed E-state index contributed by atoms with van der Waals surface area (Å²) in [4.78, 5) is 27.7. The molecule has 0 spiro atoms. The molecule has 6 heteroatoms. The van der Waals surface area contributed by atoms with Crippen LogP contribution in [0.5, 0.6) is 0 Å². The molecule has 2 heterocycles. The second kappa shape index (κ2) is 5.77. The summed E-state index contributed by atoms with van der Waals surface area (Å²) in [6, 6.07) is 5.54. The lowest BCUT2D eigenvalue weighted by Crippen LogP contribution is -2.13. The zero-order chi connectivity index (χ0) is 15.8. The molecule has 0 radical (unpaired) electrons. The van der Waals surface area contributed by atoms with Crippen LogP contribution in [-0.4, -0.2) is 10.1 Å². The van der Waals surface area contributed by atoms with E-state index in [1.807, 2.05) is 12.1 Å². The van der Waals surface area contributed by atoms with E-state index in [0.29, 0.717) is 5.82 Å². The maximum Gasteiger partial charge on any atom is 0.439 e. The van der Waals surface area contributed by atoms with Crippen LogP contribution >= 0.6 is 11.3 Å². The monoisotopic (exact) mass is 328 g/mol. The first-order valence-corrected chi connectivity index (χ1v) is 8.69. The molecule has 3 aromatic rings. The molecule has 0 amide bonds. The Morgan fingerprint density at radius 1 is 1.09 bits per heavy atom. The highest BCUT2D eigenvalue weighted by Crippen LogP contribution is 2.29. The summed E-state index contributed by atoms with van der Waals surface area (Å²) in [5, 5.41) is 4.47. The van der Waals surface area contributed by atoms with Gasteiger partial charge < -0.3 is 0 Å². The quantitative estimate of drug-likeness (QED) is 0.744. The molecule has 1 aliphatic carbocycles. The summed E-state index contributed by atoms with van der Waals surface area (Å²) in [7, 11) is 0. The Hall–Kier alpha value is -2.21. The van der Waals surface area contributed by atoms with Crippen LogP contribution in [0.2, 0.25) is 0 Å². The van der Waals surface area contributed by atoms with Crippen LogP contribution in [0.25, 0.3) is 21.5 Å². The van der Waals surface area contributed by atoms with Crippen molar-refractivity contribution in [1.29, 1.82) is 0 Å². The largest absolute Gasteiger partial charge is 0.439 e. The summed E-state index contributed by atoms with van der Waals surface area (Å²) < 4.78 is 5.50. The van der Waals surface area contributed by atoms with Crippen LogP contribution in [0.4, 0.5) is 0 Å². The Labute approximate surface area is 136 Å². The zero-order valence-corrected chi connectivity index (χ0v) is 13.4. The van der Waals surface area contributed by atoms with Crippen LogP contribution in [0.15, 0.2) is 32.3 Å². The summed E-state index contributed by atoms with van der Waals surface area (Å²) in [5.74, 6) is -0.185. The molecule has 23 heavy (non-hydrogen) atoms. The van der Waals surface area contributed by atoms with Crippen molar-refractivity contribution in [1.82, 2.24) is 10.1 Å². The van der Waals surface area contributed by atoms with Gasteiger partial charge in [-0.15, -0.1) is 11.3 Å². The minimum Gasteiger partial charge on any atom is -0.296 e. The lowest BCUT2D eigenvalue weighted by Gasteiger charge is -2.13. The van der Waals surface area contributed by atoms with Gasteiger partial charge in [-0.3, -0.25) is 14.3 Å². The molecule has 0 saturated heterocycles. The highest BCUT2D eigenvalue weighted by atomic mass is 32.1. The fourth-order valence-corrected chi connectivity index (χ4v) is 4.46. The number of aromatic amines is 1. The van der Waals surface area contributed by atoms with E-state index < -0.39 is 5.76 Å². The second-order valence-electron chi connectivity index (χ2n) is 5.90. The minimum absolute atomic E-state index is 0.163. The number of aryl methyl sites for hydroxylation is 1. The first kappa shape index (κ1) is 14.4. The Kier molecular flexibility index (Phi) is 3.61. The Morgan fingerprint density at radius 3 is 2.70 bits per heavy atom. The summed E-state index contributed by atoms with van der Waals surface area (Å²) in [5.41, 5.74) is 1.92. The number of aromatic nitrogens is 2. The van der Waals surface area contributed by atoms with Crippen LogP contribution in [0.3, 0.4) is 0 Å². The fraction of sp³-hybridized carbons (Fsp3) is 0.353. The number of H-pyrrole nitrogens is 1. The molecule has 1 aliphatic rings. The van der Waals surface area contributed by atoms with Gasteiger partial charge in [0.05, 0.1) is 0 Å². The zero-order valence-electron chi connectivity index (χ0n) is 12.6. The number of benzene rings is 1. The normalized spacial score (nSPS) is 15.1. The van der Waals surface area contributed by atoms with E-state index in [1.54, 1.807) is 17.4 Å². The third-order valence-corrected chi connectivity index (χ3v) is 5.62. The van der Waals surface area contributed by atoms with Gasteiger partial charge in [0.25, 0.3) is 0 Å². The van der Waals surface area contributed by atoms with E-state index in [1.165, 1.54) is 17.7 Å². The molecule has 0 bridgehead atoms. The highest BCUT2D eigenvalue weighted by molar-refractivity contribution is 7.18. The maximum absolute atomic E-state index is 12.8. The van der Waals surface area contributed by atoms with Crippen molar-refractivity contribution >= 4 is 21.4 Å². The average Bonchev–Trinajstić information content (AvgIpc) is 2.95. The Morgan fingerprint density at radius 2 is 1.91 bits per heavy atom. The molecule has 0 unspecified atom stereocenters. The summed E-state index contributed by atoms with van der Waals surface area (Å²) in [6.07, 6.45) is 6.55. The van der Waals surface area contributed by atoms with Gasteiger partial charge in [0.2, 0.25) is 0 Å². The predicted octanol–water partition coefficient (Wildman–Crippen LogP) is 3.26. The van der Waals surface area contributed by atoms with E-state index in [4.69, 9.17) is 0 Å². The number of nitrogens with zero attached hydrogens (tertiary/aromatic N) is 1. The number of fused-ring (bicyclic) bond motifs is 2. The molecule has 0 atom stereocenters. The molecule has 0 aliphatic heterocycles. The smallest absolute Gasteiger partial charge is 0.296 e. The van der Waals surface area contributed by atoms with Gasteiger partial charge in [0.15, 0.2) is 11.3 Å². The van der Waals surface area contributed by atoms with Gasteiger partial charge >= 0.3 is 5.76 Å². The summed E-state index contributed by atoms with van der Waals surface area (Å²) >= 11 is 1.69. The van der Waals surface area contributed by atoms with Crippen molar-refractivity contribution in [3.63, 3.8) is 0 Å². The Balaban J connectivity index is 1.90. The molecule has 5 nitrogen and oxygen atoms in total. The third-order valence-electron chi connectivity index (χ3n) is 4.36. The van der Waals surface area contributed by atoms with Gasteiger partial charge in [-0.25, -0.2) is 4.79 Å². The summed E-state index contributed by atoms with van der Waals surface area (Å²) in [6.45, 7) is 0.